The molecule has 0 aromatic heterocycles. The van der Waals surface area contributed by atoms with E-state index in [1.54, 1.807) is 14.2 Å². The van der Waals surface area contributed by atoms with Crippen LogP contribution in [0.4, 0.5) is 0 Å². The van der Waals surface area contributed by atoms with Gasteiger partial charge in [-0.05, 0) is 24.6 Å². The molecule has 3 N–H and O–H groups in total. The molecule has 1 aromatic carbocycles. The van der Waals surface area contributed by atoms with Crippen molar-refractivity contribution in [3.8, 4) is 5.75 Å². The summed E-state index contributed by atoms with van der Waals surface area (Å²) in [5, 5.41) is 3.05. The highest BCUT2D eigenvalue weighted by Gasteiger charge is 2.01. The van der Waals surface area contributed by atoms with Gasteiger partial charge in [-0.25, -0.2) is 4.99 Å². The first-order valence-electron chi connectivity index (χ1n) is 5.84. The van der Waals surface area contributed by atoms with Gasteiger partial charge in [0.1, 0.15) is 5.75 Å². The normalized spacial score (nSPS) is 12.5. The van der Waals surface area contributed by atoms with E-state index in [-0.39, 0.29) is 30.0 Å². The first-order valence-corrected chi connectivity index (χ1v) is 5.84. The van der Waals surface area contributed by atoms with Crippen LogP contribution in [0.5, 0.6) is 5.75 Å². The number of ether oxygens (including phenoxy) is 2. The number of aliphatic imine (C=N–C) groups is 1. The maximum Gasteiger partial charge on any atom is 0.189 e. The van der Waals surface area contributed by atoms with Crippen molar-refractivity contribution >= 4 is 29.9 Å². The second kappa shape index (κ2) is 9.85. The molecule has 1 aromatic rings. The highest BCUT2D eigenvalue weighted by Crippen LogP contribution is 2.12. The molecular formula is C13H22IN3O2. The smallest absolute Gasteiger partial charge is 0.189 e. The molecule has 0 spiro atoms. The quantitative estimate of drug-likeness (QED) is 0.449. The number of nitrogens with two attached hydrogens (primary N) is 1. The molecule has 6 heteroatoms. The van der Waals surface area contributed by atoms with Gasteiger partial charge < -0.3 is 20.5 Å². The van der Waals surface area contributed by atoms with E-state index < -0.39 is 0 Å². The fourth-order valence-electron chi connectivity index (χ4n) is 1.54. The van der Waals surface area contributed by atoms with E-state index in [1.807, 2.05) is 31.2 Å². The van der Waals surface area contributed by atoms with Crippen molar-refractivity contribution in [2.24, 2.45) is 10.7 Å². The molecule has 1 atom stereocenters. The molecule has 0 fully saturated rings. The summed E-state index contributed by atoms with van der Waals surface area (Å²) in [5.74, 6) is 1.24. The summed E-state index contributed by atoms with van der Waals surface area (Å²) in [6.07, 6.45) is 0. The third kappa shape index (κ3) is 7.22. The van der Waals surface area contributed by atoms with Crippen LogP contribution < -0.4 is 15.8 Å². The SMILES string of the molecule is COCC(C)NC(N)=NCc1cccc(OC)c1.I. The number of benzene rings is 1. The monoisotopic (exact) mass is 379 g/mol. The van der Waals surface area contributed by atoms with Gasteiger partial charge in [0.05, 0.1) is 20.3 Å². The molecule has 5 nitrogen and oxygen atoms in total. The molecule has 1 unspecified atom stereocenters. The molecule has 0 saturated heterocycles. The van der Waals surface area contributed by atoms with Crippen molar-refractivity contribution in [3.63, 3.8) is 0 Å². The minimum atomic E-state index is 0. The Morgan fingerprint density at radius 2 is 2.16 bits per heavy atom. The largest absolute Gasteiger partial charge is 0.497 e. The van der Waals surface area contributed by atoms with Crippen molar-refractivity contribution in [1.29, 1.82) is 0 Å². The highest BCUT2D eigenvalue weighted by molar-refractivity contribution is 14.0. The molecule has 1 rings (SSSR count). The van der Waals surface area contributed by atoms with Crippen LogP contribution in [0.2, 0.25) is 0 Å². The molecule has 0 aliphatic carbocycles. The van der Waals surface area contributed by atoms with Gasteiger partial charge in [0.2, 0.25) is 0 Å². The number of nitrogens with zero attached hydrogens (tertiary/aromatic N) is 1. The average molecular weight is 379 g/mol. The summed E-state index contributed by atoms with van der Waals surface area (Å²) in [4.78, 5) is 4.26. The van der Waals surface area contributed by atoms with Crippen molar-refractivity contribution in [2.45, 2.75) is 19.5 Å². The number of nitrogens with one attached hydrogen (secondary N) is 1. The summed E-state index contributed by atoms with van der Waals surface area (Å²) in [6.45, 7) is 3.10. The summed E-state index contributed by atoms with van der Waals surface area (Å²) < 4.78 is 10.2. The number of guanidine groups is 1. The Labute approximate surface area is 131 Å². The van der Waals surface area contributed by atoms with Crippen molar-refractivity contribution in [1.82, 2.24) is 5.32 Å². The Bertz CT molecular complexity index is 399. The fraction of sp³-hybridized carbons (Fsp3) is 0.462. The summed E-state index contributed by atoms with van der Waals surface area (Å²) >= 11 is 0. The standard InChI is InChI=1S/C13H21N3O2.HI/c1-10(9-17-2)16-13(14)15-8-11-5-4-6-12(7-11)18-3;/h4-7,10H,8-9H2,1-3H3,(H3,14,15,16);1H. The molecule has 0 saturated carbocycles. The highest BCUT2D eigenvalue weighted by atomic mass is 127. The average Bonchev–Trinajstić information content (AvgIpc) is 2.37. The van der Waals surface area contributed by atoms with Gasteiger partial charge >= 0.3 is 0 Å². The van der Waals surface area contributed by atoms with Gasteiger partial charge in [0.15, 0.2) is 5.96 Å². The minimum absolute atomic E-state index is 0. The lowest BCUT2D eigenvalue weighted by molar-refractivity contribution is 0.179. The Hall–Kier alpha value is -1.02. The van der Waals surface area contributed by atoms with Crippen LogP contribution in [-0.4, -0.2) is 32.8 Å². The molecule has 19 heavy (non-hydrogen) atoms. The third-order valence-electron chi connectivity index (χ3n) is 2.38. The Kier molecular flexibility index (Phi) is 9.32. The number of rotatable bonds is 6. The third-order valence-corrected chi connectivity index (χ3v) is 2.38. The Morgan fingerprint density at radius 3 is 2.79 bits per heavy atom. The zero-order valence-corrected chi connectivity index (χ0v) is 13.9. The lowest BCUT2D eigenvalue weighted by Gasteiger charge is -2.13. The van der Waals surface area contributed by atoms with Crippen molar-refractivity contribution < 1.29 is 9.47 Å². The van der Waals surface area contributed by atoms with Gasteiger partial charge in [-0.2, -0.15) is 0 Å². The summed E-state index contributed by atoms with van der Waals surface area (Å²) in [6, 6.07) is 7.90. The Morgan fingerprint density at radius 1 is 1.42 bits per heavy atom. The summed E-state index contributed by atoms with van der Waals surface area (Å²) in [7, 11) is 3.30. The maximum absolute atomic E-state index is 5.78. The zero-order chi connectivity index (χ0) is 13.4. The topological polar surface area (TPSA) is 68.9 Å². The van der Waals surface area contributed by atoms with Gasteiger partial charge in [-0.15, -0.1) is 24.0 Å². The van der Waals surface area contributed by atoms with E-state index >= 15 is 0 Å². The van der Waals surface area contributed by atoms with Crippen LogP contribution >= 0.6 is 24.0 Å². The van der Waals surface area contributed by atoms with Gasteiger partial charge in [-0.1, -0.05) is 12.1 Å². The molecule has 0 heterocycles. The second-order valence-electron chi connectivity index (χ2n) is 4.05. The van der Waals surface area contributed by atoms with Crippen LogP contribution in [0.3, 0.4) is 0 Å². The van der Waals surface area contributed by atoms with Gasteiger partial charge in [-0.3, -0.25) is 0 Å². The van der Waals surface area contributed by atoms with E-state index in [1.165, 1.54) is 0 Å². The predicted molar refractivity (Wildman–Crippen MR) is 88.2 cm³/mol. The Balaban J connectivity index is 0.00000324. The minimum Gasteiger partial charge on any atom is -0.497 e. The number of halogens is 1. The number of methoxy groups -OCH3 is 2. The lowest BCUT2D eigenvalue weighted by Crippen LogP contribution is -2.40. The van der Waals surface area contributed by atoms with Crippen LogP contribution in [0.25, 0.3) is 0 Å². The molecule has 0 aliphatic heterocycles. The van der Waals surface area contributed by atoms with Gasteiger partial charge in [0, 0.05) is 13.2 Å². The van der Waals surface area contributed by atoms with E-state index in [4.69, 9.17) is 15.2 Å². The first kappa shape index (κ1) is 18.0. The molecular weight excluding hydrogens is 357 g/mol. The molecule has 108 valence electrons. The first-order chi connectivity index (χ1) is 8.65. The van der Waals surface area contributed by atoms with Gasteiger partial charge in [0.25, 0.3) is 0 Å². The fourth-order valence-corrected chi connectivity index (χ4v) is 1.54. The van der Waals surface area contributed by atoms with E-state index in [0.717, 1.165) is 11.3 Å². The van der Waals surface area contributed by atoms with E-state index in [0.29, 0.717) is 19.1 Å². The number of hydrogen-bond donors (Lipinski definition) is 2. The summed E-state index contributed by atoms with van der Waals surface area (Å²) in [5.41, 5.74) is 6.83. The van der Waals surface area contributed by atoms with E-state index in [2.05, 4.69) is 10.3 Å². The number of hydrogen-bond acceptors (Lipinski definition) is 3. The zero-order valence-electron chi connectivity index (χ0n) is 11.6. The van der Waals surface area contributed by atoms with Crippen LogP contribution in [0.1, 0.15) is 12.5 Å². The predicted octanol–water partition coefficient (Wildman–Crippen LogP) is 1.75. The van der Waals surface area contributed by atoms with Crippen LogP contribution in [0, 0.1) is 0 Å². The lowest BCUT2D eigenvalue weighted by atomic mass is 10.2. The van der Waals surface area contributed by atoms with Crippen molar-refractivity contribution in [2.75, 3.05) is 20.8 Å². The van der Waals surface area contributed by atoms with Crippen molar-refractivity contribution in [3.05, 3.63) is 29.8 Å². The molecule has 0 radical (unpaired) electrons. The molecule has 0 aliphatic rings. The van der Waals surface area contributed by atoms with Crippen LogP contribution in [0.15, 0.2) is 29.3 Å². The molecule has 0 amide bonds. The molecule has 0 bridgehead atoms. The van der Waals surface area contributed by atoms with E-state index in [9.17, 15) is 0 Å². The maximum atomic E-state index is 5.78. The second-order valence-corrected chi connectivity index (χ2v) is 4.05. The van der Waals surface area contributed by atoms with Crippen LogP contribution in [-0.2, 0) is 11.3 Å².